The quantitative estimate of drug-likeness (QED) is 0.822. The number of nitrogens with one attached hydrogen (secondary N) is 2. The zero-order valence-electron chi connectivity index (χ0n) is 10.5. The van der Waals surface area contributed by atoms with Crippen LogP contribution >= 0.6 is 0 Å². The molecule has 1 unspecified atom stereocenters. The van der Waals surface area contributed by atoms with Crippen molar-refractivity contribution in [3.05, 3.63) is 30.1 Å². The minimum Gasteiger partial charge on any atom is -0.346 e. The van der Waals surface area contributed by atoms with Gasteiger partial charge in [0.25, 0.3) is 0 Å². The Balaban J connectivity index is 2.23. The van der Waals surface area contributed by atoms with E-state index < -0.39 is 24.7 Å². The number of amides is 1. The molecule has 1 heterocycles. The molecule has 1 rings (SSSR count). The third kappa shape index (κ3) is 6.76. The van der Waals surface area contributed by atoms with Crippen molar-refractivity contribution in [2.75, 3.05) is 13.1 Å². The van der Waals surface area contributed by atoms with Gasteiger partial charge in [-0.25, -0.2) is 0 Å². The summed E-state index contributed by atoms with van der Waals surface area (Å²) in [6, 6.07) is 3.02. The van der Waals surface area contributed by atoms with E-state index in [4.69, 9.17) is 0 Å². The Labute approximate surface area is 109 Å². The molecule has 0 aromatic carbocycles. The monoisotopic (exact) mass is 275 g/mol. The number of hydrogen-bond acceptors (Lipinski definition) is 3. The van der Waals surface area contributed by atoms with Gasteiger partial charge < -0.3 is 10.6 Å². The van der Waals surface area contributed by atoms with Crippen LogP contribution in [0.1, 0.15) is 12.5 Å². The highest BCUT2D eigenvalue weighted by molar-refractivity contribution is 5.81. The van der Waals surface area contributed by atoms with Gasteiger partial charge in [-0.1, -0.05) is 0 Å². The second kappa shape index (κ2) is 7.08. The van der Waals surface area contributed by atoms with Crippen LogP contribution in [0.5, 0.6) is 0 Å². The fourth-order valence-corrected chi connectivity index (χ4v) is 1.42. The second-order valence-electron chi connectivity index (χ2n) is 4.11. The molecule has 106 valence electrons. The lowest BCUT2D eigenvalue weighted by Gasteiger charge is -2.15. The van der Waals surface area contributed by atoms with E-state index in [0.29, 0.717) is 13.0 Å². The van der Waals surface area contributed by atoms with Gasteiger partial charge in [-0.3, -0.25) is 9.78 Å². The van der Waals surface area contributed by atoms with E-state index in [1.54, 1.807) is 12.4 Å². The normalized spacial score (nSPS) is 13.1. The van der Waals surface area contributed by atoms with E-state index in [9.17, 15) is 18.0 Å². The highest BCUT2D eigenvalue weighted by Crippen LogP contribution is 2.12. The zero-order valence-corrected chi connectivity index (χ0v) is 10.5. The average Bonchev–Trinajstić information content (AvgIpc) is 2.36. The molecule has 1 aromatic rings. The molecule has 2 N–H and O–H groups in total. The summed E-state index contributed by atoms with van der Waals surface area (Å²) in [5.41, 5.74) is 1.05. The van der Waals surface area contributed by atoms with Gasteiger partial charge in [-0.05, 0) is 37.6 Å². The Morgan fingerprint density at radius 3 is 2.58 bits per heavy atom. The maximum atomic E-state index is 11.9. The largest absolute Gasteiger partial charge is 0.405 e. The summed E-state index contributed by atoms with van der Waals surface area (Å²) in [6.45, 7) is 0.727. The van der Waals surface area contributed by atoms with Gasteiger partial charge in [0.1, 0.15) is 6.54 Å². The van der Waals surface area contributed by atoms with Crippen molar-refractivity contribution in [2.45, 2.75) is 25.6 Å². The van der Waals surface area contributed by atoms with Gasteiger partial charge >= 0.3 is 6.18 Å². The number of nitrogens with zero attached hydrogens (tertiary/aromatic N) is 1. The van der Waals surface area contributed by atoms with Gasteiger partial charge in [0.15, 0.2) is 0 Å². The third-order valence-corrected chi connectivity index (χ3v) is 2.47. The number of alkyl halides is 3. The lowest BCUT2D eigenvalue weighted by molar-refractivity contribution is -0.139. The second-order valence-corrected chi connectivity index (χ2v) is 4.11. The summed E-state index contributed by atoms with van der Waals surface area (Å²) in [7, 11) is 0. The first-order chi connectivity index (χ1) is 8.88. The highest BCUT2D eigenvalue weighted by atomic mass is 19.4. The molecule has 0 saturated heterocycles. The molecule has 0 saturated carbocycles. The van der Waals surface area contributed by atoms with Crippen LogP contribution in [0.3, 0.4) is 0 Å². The van der Waals surface area contributed by atoms with Gasteiger partial charge in [0, 0.05) is 12.4 Å². The predicted molar refractivity (Wildman–Crippen MR) is 64.5 cm³/mol. The first kappa shape index (κ1) is 15.4. The molecule has 0 spiro atoms. The molecule has 1 aromatic heterocycles. The summed E-state index contributed by atoms with van der Waals surface area (Å²) in [5.74, 6) is -0.660. The lowest BCUT2D eigenvalue weighted by atomic mass is 10.2. The molecule has 1 atom stereocenters. The molecule has 4 nitrogen and oxygen atoms in total. The van der Waals surface area contributed by atoms with Gasteiger partial charge in [0.05, 0.1) is 6.04 Å². The van der Waals surface area contributed by atoms with E-state index in [1.807, 2.05) is 17.4 Å². The average molecular weight is 275 g/mol. The maximum Gasteiger partial charge on any atom is 0.405 e. The molecular formula is C12H16F3N3O. The standard InChI is InChI=1S/C12H16F3N3O/c1-9(11(19)18-8-12(13,14)15)17-7-4-10-2-5-16-6-3-10/h2-3,5-6,9,17H,4,7-8H2,1H3,(H,18,19). The number of carbonyl (C=O) groups excluding carboxylic acids is 1. The van der Waals surface area contributed by atoms with Crippen molar-refractivity contribution in [3.8, 4) is 0 Å². The molecule has 0 radical (unpaired) electrons. The number of halogens is 3. The molecule has 0 bridgehead atoms. The SMILES string of the molecule is CC(NCCc1ccncc1)C(=O)NCC(F)(F)F. The summed E-state index contributed by atoms with van der Waals surface area (Å²) in [5, 5.41) is 4.70. The Morgan fingerprint density at radius 2 is 2.00 bits per heavy atom. The van der Waals surface area contributed by atoms with Crippen LogP contribution in [-0.4, -0.2) is 36.2 Å². The van der Waals surface area contributed by atoms with E-state index in [-0.39, 0.29) is 0 Å². The van der Waals surface area contributed by atoms with Crippen LogP contribution in [0.15, 0.2) is 24.5 Å². The predicted octanol–water partition coefficient (Wildman–Crippen LogP) is 1.28. The molecular weight excluding hydrogens is 259 g/mol. The smallest absolute Gasteiger partial charge is 0.346 e. The lowest BCUT2D eigenvalue weighted by Crippen LogP contribution is -2.45. The van der Waals surface area contributed by atoms with Crippen LogP contribution in [0, 0.1) is 0 Å². The fourth-order valence-electron chi connectivity index (χ4n) is 1.42. The van der Waals surface area contributed by atoms with E-state index >= 15 is 0 Å². The van der Waals surface area contributed by atoms with Crippen molar-refractivity contribution >= 4 is 5.91 Å². The maximum absolute atomic E-state index is 11.9. The summed E-state index contributed by atoms with van der Waals surface area (Å²) in [6.07, 6.45) is -0.380. The van der Waals surface area contributed by atoms with Gasteiger partial charge in [-0.2, -0.15) is 13.2 Å². The molecule has 1 amide bonds. The molecule has 0 aliphatic heterocycles. The number of rotatable bonds is 6. The summed E-state index contributed by atoms with van der Waals surface area (Å²) in [4.78, 5) is 15.2. The minimum atomic E-state index is -4.38. The molecule has 0 aliphatic carbocycles. The number of carbonyl (C=O) groups is 1. The van der Waals surface area contributed by atoms with E-state index in [0.717, 1.165) is 5.56 Å². The Morgan fingerprint density at radius 1 is 1.37 bits per heavy atom. The molecule has 0 aliphatic rings. The zero-order chi connectivity index (χ0) is 14.3. The molecule has 0 fully saturated rings. The van der Waals surface area contributed by atoms with E-state index in [1.165, 1.54) is 6.92 Å². The van der Waals surface area contributed by atoms with Crippen molar-refractivity contribution in [1.29, 1.82) is 0 Å². The van der Waals surface area contributed by atoms with Crippen molar-refractivity contribution < 1.29 is 18.0 Å². The first-order valence-corrected chi connectivity index (χ1v) is 5.85. The highest BCUT2D eigenvalue weighted by Gasteiger charge is 2.28. The number of hydrogen-bond donors (Lipinski definition) is 2. The van der Waals surface area contributed by atoms with Crippen molar-refractivity contribution in [1.82, 2.24) is 15.6 Å². The molecule has 7 heteroatoms. The van der Waals surface area contributed by atoms with Gasteiger partial charge in [-0.15, -0.1) is 0 Å². The number of pyridine rings is 1. The topological polar surface area (TPSA) is 54.0 Å². The Hall–Kier alpha value is -1.63. The van der Waals surface area contributed by atoms with Crippen LogP contribution in [0.4, 0.5) is 13.2 Å². The van der Waals surface area contributed by atoms with Crippen LogP contribution < -0.4 is 10.6 Å². The van der Waals surface area contributed by atoms with Crippen LogP contribution in [-0.2, 0) is 11.2 Å². The fraction of sp³-hybridized carbons (Fsp3) is 0.500. The third-order valence-electron chi connectivity index (χ3n) is 2.47. The summed E-state index contributed by atoms with van der Waals surface area (Å²) >= 11 is 0. The van der Waals surface area contributed by atoms with Crippen molar-refractivity contribution in [3.63, 3.8) is 0 Å². The van der Waals surface area contributed by atoms with E-state index in [2.05, 4.69) is 10.3 Å². The van der Waals surface area contributed by atoms with Crippen LogP contribution in [0.2, 0.25) is 0 Å². The summed E-state index contributed by atoms with van der Waals surface area (Å²) < 4.78 is 35.7. The minimum absolute atomic E-state index is 0.505. The Bertz CT molecular complexity index is 395. The van der Waals surface area contributed by atoms with Gasteiger partial charge in [0.2, 0.25) is 5.91 Å². The van der Waals surface area contributed by atoms with Crippen molar-refractivity contribution in [2.24, 2.45) is 0 Å². The first-order valence-electron chi connectivity index (χ1n) is 5.85. The number of aromatic nitrogens is 1. The Kier molecular flexibility index (Phi) is 5.75. The molecule has 19 heavy (non-hydrogen) atoms. The van der Waals surface area contributed by atoms with Crippen LogP contribution in [0.25, 0.3) is 0 Å².